The van der Waals surface area contributed by atoms with Gasteiger partial charge in [-0.15, -0.1) is 0 Å². The molecule has 4 aromatic rings. The number of piperazine rings is 1. The summed E-state index contributed by atoms with van der Waals surface area (Å²) in [4.78, 5) is 39.0. The smallest absolute Gasteiger partial charge is 0.265 e. The van der Waals surface area contributed by atoms with Crippen LogP contribution in [-0.4, -0.2) is 47.9 Å². The second-order valence-corrected chi connectivity index (χ2v) is 11.1. The lowest BCUT2D eigenvalue weighted by Crippen LogP contribution is -2.49. The van der Waals surface area contributed by atoms with Crippen LogP contribution in [0.5, 0.6) is 0 Å². The first-order valence-corrected chi connectivity index (χ1v) is 14.3. The summed E-state index contributed by atoms with van der Waals surface area (Å²) in [5.74, 6) is 0.960. The van der Waals surface area contributed by atoms with Gasteiger partial charge in [0.05, 0.1) is 17.1 Å². The van der Waals surface area contributed by atoms with Gasteiger partial charge in [0.1, 0.15) is 5.82 Å². The molecule has 0 saturated carbocycles. The van der Waals surface area contributed by atoms with Gasteiger partial charge in [0.15, 0.2) is 0 Å². The zero-order valence-electron chi connectivity index (χ0n) is 22.4. The number of carbonyl (C=O) groups excluding carboxylic acids is 2. The number of nitrogens with zero attached hydrogens (tertiary/aromatic N) is 4. The first-order chi connectivity index (χ1) is 19.6. The van der Waals surface area contributed by atoms with E-state index in [1.54, 1.807) is 6.20 Å². The molecule has 6 nitrogen and oxygen atoms in total. The van der Waals surface area contributed by atoms with Gasteiger partial charge in [0.25, 0.3) is 11.8 Å². The van der Waals surface area contributed by atoms with E-state index in [-0.39, 0.29) is 11.8 Å². The van der Waals surface area contributed by atoms with E-state index < -0.39 is 0 Å². The predicted molar refractivity (Wildman–Crippen MR) is 161 cm³/mol. The number of anilines is 2. The van der Waals surface area contributed by atoms with Crippen LogP contribution in [0.15, 0.2) is 107 Å². The molecular formula is C33H30N4O2S. The number of para-hydroxylation sites is 1. The van der Waals surface area contributed by atoms with Crippen LogP contribution in [0.1, 0.15) is 27.0 Å². The Morgan fingerprint density at radius 2 is 1.60 bits per heavy atom. The van der Waals surface area contributed by atoms with Gasteiger partial charge in [-0.25, -0.2) is 4.98 Å². The summed E-state index contributed by atoms with van der Waals surface area (Å²) in [6.45, 7) is 5.41. The normalized spacial score (nSPS) is 16.3. The standard InChI is InChI=1S/C33H30N4O2S/c1-24-8-2-3-9-27(24)23-37-28-10-4-5-11-29(28)40-30(33(37)39)22-25-13-15-26(16-14-25)32(38)36-20-18-35(19-21-36)31-12-6-7-17-34-31/h2-17,22H,18-21,23H2,1H3. The maximum Gasteiger partial charge on any atom is 0.265 e. The summed E-state index contributed by atoms with van der Waals surface area (Å²) in [5, 5.41) is 0. The molecule has 0 radical (unpaired) electrons. The first-order valence-electron chi connectivity index (χ1n) is 13.5. The number of hydrogen-bond donors (Lipinski definition) is 0. The molecule has 1 saturated heterocycles. The molecule has 200 valence electrons. The minimum absolute atomic E-state index is 0.0158. The van der Waals surface area contributed by atoms with Crippen LogP contribution in [0.3, 0.4) is 0 Å². The average Bonchev–Trinajstić information content (AvgIpc) is 3.01. The summed E-state index contributed by atoms with van der Waals surface area (Å²) < 4.78 is 0. The molecule has 0 aliphatic carbocycles. The Morgan fingerprint density at radius 1 is 0.875 bits per heavy atom. The van der Waals surface area contributed by atoms with Crippen molar-refractivity contribution < 1.29 is 9.59 Å². The van der Waals surface area contributed by atoms with Gasteiger partial charge in [-0.1, -0.05) is 66.4 Å². The molecule has 40 heavy (non-hydrogen) atoms. The van der Waals surface area contributed by atoms with Gasteiger partial charge < -0.3 is 14.7 Å². The van der Waals surface area contributed by atoms with Crippen LogP contribution in [0, 0.1) is 6.92 Å². The van der Waals surface area contributed by atoms with Gasteiger partial charge in [0, 0.05) is 42.8 Å². The molecular weight excluding hydrogens is 516 g/mol. The monoisotopic (exact) mass is 546 g/mol. The number of benzene rings is 3. The number of amides is 2. The van der Waals surface area contributed by atoms with Crippen molar-refractivity contribution in [2.45, 2.75) is 18.4 Å². The maximum atomic E-state index is 13.7. The number of rotatable bonds is 5. The van der Waals surface area contributed by atoms with Crippen LogP contribution in [0.25, 0.3) is 6.08 Å². The first kappa shape index (κ1) is 25.9. The molecule has 2 aliphatic heterocycles. The number of fused-ring (bicyclic) bond motifs is 1. The SMILES string of the molecule is Cc1ccccc1CN1C(=O)C(=Cc2ccc(C(=O)N3CCN(c4ccccn4)CC3)cc2)Sc2ccccc21. The topological polar surface area (TPSA) is 56.8 Å². The molecule has 2 aliphatic rings. The van der Waals surface area contributed by atoms with Gasteiger partial charge >= 0.3 is 0 Å². The van der Waals surface area contributed by atoms with E-state index in [4.69, 9.17) is 0 Å². The Balaban J connectivity index is 1.17. The molecule has 0 N–H and O–H groups in total. The minimum atomic E-state index is -0.0158. The fraction of sp³-hybridized carbons (Fsp3) is 0.182. The Labute approximate surface area is 238 Å². The average molecular weight is 547 g/mol. The number of aromatic nitrogens is 1. The summed E-state index contributed by atoms with van der Waals surface area (Å²) >= 11 is 1.49. The van der Waals surface area contributed by atoms with Gasteiger partial charge in [0.2, 0.25) is 0 Å². The van der Waals surface area contributed by atoms with E-state index in [0.717, 1.165) is 46.2 Å². The highest BCUT2D eigenvalue weighted by atomic mass is 32.2. The predicted octanol–water partition coefficient (Wildman–Crippen LogP) is 6.03. The molecule has 0 unspecified atom stereocenters. The van der Waals surface area contributed by atoms with Crippen molar-refractivity contribution in [3.63, 3.8) is 0 Å². The number of carbonyl (C=O) groups is 2. The highest BCUT2D eigenvalue weighted by Crippen LogP contribution is 2.42. The van der Waals surface area contributed by atoms with Crippen molar-refractivity contribution in [3.8, 4) is 0 Å². The lowest BCUT2D eigenvalue weighted by molar-refractivity contribution is -0.114. The van der Waals surface area contributed by atoms with Crippen LogP contribution >= 0.6 is 11.8 Å². The zero-order valence-corrected chi connectivity index (χ0v) is 23.2. The lowest BCUT2D eigenvalue weighted by atomic mass is 10.1. The number of aryl methyl sites for hydroxylation is 1. The molecule has 6 rings (SSSR count). The van der Waals surface area contributed by atoms with E-state index >= 15 is 0 Å². The summed E-state index contributed by atoms with van der Waals surface area (Å²) in [5.41, 5.74) is 4.77. The van der Waals surface area contributed by atoms with Crippen LogP contribution in [-0.2, 0) is 11.3 Å². The van der Waals surface area contributed by atoms with Crippen LogP contribution < -0.4 is 9.80 Å². The fourth-order valence-electron chi connectivity index (χ4n) is 5.11. The second kappa shape index (κ2) is 11.4. The van der Waals surface area contributed by atoms with E-state index in [9.17, 15) is 9.59 Å². The second-order valence-electron chi connectivity index (χ2n) is 9.99. The Kier molecular flexibility index (Phi) is 7.38. The largest absolute Gasteiger partial charge is 0.353 e. The van der Waals surface area contributed by atoms with Crippen molar-refractivity contribution in [1.29, 1.82) is 0 Å². The van der Waals surface area contributed by atoms with Gasteiger partial charge in [-0.2, -0.15) is 0 Å². The van der Waals surface area contributed by atoms with Crippen molar-refractivity contribution in [2.75, 3.05) is 36.0 Å². The molecule has 0 spiro atoms. The van der Waals surface area contributed by atoms with Crippen molar-refractivity contribution in [3.05, 3.63) is 124 Å². The Bertz CT molecular complexity index is 1560. The third kappa shape index (κ3) is 5.38. The van der Waals surface area contributed by atoms with Gasteiger partial charge in [-0.05, 0) is 66.1 Å². The Hall–Kier alpha value is -4.36. The molecule has 0 bridgehead atoms. The number of thioether (sulfide) groups is 1. The molecule has 0 atom stereocenters. The molecule has 3 aromatic carbocycles. The zero-order chi connectivity index (χ0) is 27.5. The van der Waals surface area contributed by atoms with Crippen molar-refractivity contribution >= 4 is 41.2 Å². The highest BCUT2D eigenvalue weighted by molar-refractivity contribution is 8.04. The third-order valence-electron chi connectivity index (χ3n) is 7.42. The van der Waals surface area contributed by atoms with Crippen molar-refractivity contribution in [1.82, 2.24) is 9.88 Å². The summed E-state index contributed by atoms with van der Waals surface area (Å²) in [7, 11) is 0. The molecule has 7 heteroatoms. The molecule has 2 amide bonds. The highest BCUT2D eigenvalue weighted by Gasteiger charge is 2.29. The summed E-state index contributed by atoms with van der Waals surface area (Å²) in [6.07, 6.45) is 3.72. The van der Waals surface area contributed by atoms with Crippen LogP contribution in [0.2, 0.25) is 0 Å². The van der Waals surface area contributed by atoms with E-state index in [1.807, 2.05) is 88.7 Å². The van der Waals surface area contributed by atoms with E-state index in [1.165, 1.54) is 11.8 Å². The minimum Gasteiger partial charge on any atom is -0.353 e. The third-order valence-corrected chi connectivity index (χ3v) is 8.49. The molecule has 1 aromatic heterocycles. The van der Waals surface area contributed by atoms with Gasteiger partial charge in [-0.3, -0.25) is 9.59 Å². The summed E-state index contributed by atoms with van der Waals surface area (Å²) in [6, 6.07) is 29.7. The Morgan fingerprint density at radius 3 is 2.35 bits per heavy atom. The molecule has 1 fully saturated rings. The van der Waals surface area contributed by atoms with E-state index in [2.05, 4.69) is 35.0 Å². The van der Waals surface area contributed by atoms with Crippen molar-refractivity contribution in [2.24, 2.45) is 0 Å². The fourth-order valence-corrected chi connectivity index (χ4v) is 6.17. The van der Waals surface area contributed by atoms with Crippen LogP contribution in [0.4, 0.5) is 11.5 Å². The number of pyridine rings is 1. The maximum absolute atomic E-state index is 13.7. The molecule has 3 heterocycles. The lowest BCUT2D eigenvalue weighted by Gasteiger charge is -2.35. The quantitative estimate of drug-likeness (QED) is 0.286. The number of hydrogen-bond acceptors (Lipinski definition) is 5. The van der Waals surface area contributed by atoms with E-state index in [0.29, 0.717) is 30.1 Å².